The third-order valence-corrected chi connectivity index (χ3v) is 3.30. The maximum Gasteiger partial charge on any atom is 0.425 e. The molecule has 1 rings (SSSR count). The van der Waals surface area contributed by atoms with Crippen molar-refractivity contribution in [3.05, 3.63) is 0 Å². The Morgan fingerprint density at radius 2 is 1.32 bits per heavy atom. The van der Waals surface area contributed by atoms with Crippen LogP contribution < -0.4 is 0 Å². The van der Waals surface area contributed by atoms with E-state index in [1.807, 2.05) is 0 Å². The van der Waals surface area contributed by atoms with Crippen molar-refractivity contribution in [2.45, 2.75) is 42.6 Å². The van der Waals surface area contributed by atoms with Gasteiger partial charge in [0.05, 0.1) is 13.2 Å². The molecule has 0 N–H and O–H groups in total. The quantitative estimate of drug-likeness (QED) is 0.651. The average Bonchev–Trinajstić information content (AvgIpc) is 2.43. The topological polar surface area (TPSA) is 12.5 Å². The van der Waals surface area contributed by atoms with Gasteiger partial charge in [0.1, 0.15) is 6.10 Å². The van der Waals surface area contributed by atoms with Crippen molar-refractivity contribution in [2.75, 3.05) is 26.2 Å². The summed E-state index contributed by atoms with van der Waals surface area (Å²) in [5, 5.41) is 0. The molecule has 0 amide bonds. The number of morpholine rings is 1. The molecule has 14 heteroatoms. The second-order valence-corrected chi connectivity index (χ2v) is 5.34. The first-order chi connectivity index (χ1) is 11.0. The van der Waals surface area contributed by atoms with Gasteiger partial charge in [-0.05, 0) is 0 Å². The summed E-state index contributed by atoms with van der Waals surface area (Å²) in [6.07, 6.45) is -24.0. The van der Waals surface area contributed by atoms with E-state index in [4.69, 9.17) is 0 Å². The summed E-state index contributed by atoms with van der Waals surface area (Å²) in [7, 11) is 0. The largest absolute Gasteiger partial charge is 0.425 e. The Morgan fingerprint density at radius 3 is 1.76 bits per heavy atom. The van der Waals surface area contributed by atoms with Gasteiger partial charge in [-0.3, -0.25) is 4.90 Å². The number of hydrogen-bond acceptors (Lipinski definition) is 2. The van der Waals surface area contributed by atoms with Gasteiger partial charge in [-0.1, -0.05) is 0 Å². The van der Waals surface area contributed by atoms with Gasteiger partial charge in [0.25, 0.3) is 18.3 Å². The third-order valence-electron chi connectivity index (χ3n) is 3.30. The molecule has 1 saturated heterocycles. The first kappa shape index (κ1) is 22.1. The molecule has 3 atom stereocenters. The van der Waals surface area contributed by atoms with Crippen molar-refractivity contribution < 1.29 is 57.4 Å². The lowest BCUT2D eigenvalue weighted by atomic mass is 10.0. The van der Waals surface area contributed by atoms with Crippen molar-refractivity contribution in [1.82, 2.24) is 4.90 Å². The second-order valence-electron chi connectivity index (χ2n) is 5.34. The Balaban J connectivity index is 2.84. The van der Waals surface area contributed by atoms with Crippen LogP contribution in [0.2, 0.25) is 0 Å². The first-order valence-corrected chi connectivity index (χ1v) is 6.50. The molecule has 0 aliphatic carbocycles. The first-order valence-electron chi connectivity index (χ1n) is 6.50. The molecule has 3 unspecified atom stereocenters. The summed E-state index contributed by atoms with van der Waals surface area (Å²) in [6.45, 7) is -5.02. The second kappa shape index (κ2) is 7.00. The molecule has 0 aromatic heterocycles. The molecule has 0 aromatic carbocycles. The molecule has 1 heterocycles. The van der Waals surface area contributed by atoms with Crippen LogP contribution in [-0.4, -0.2) is 73.8 Å². The van der Waals surface area contributed by atoms with Crippen LogP contribution in [0.25, 0.3) is 0 Å². The number of halogens is 12. The maximum atomic E-state index is 13.5. The summed E-state index contributed by atoms with van der Waals surface area (Å²) in [5.74, 6) is -10.2. The highest BCUT2D eigenvalue weighted by Crippen LogP contribution is 2.40. The molecule has 25 heavy (non-hydrogen) atoms. The van der Waals surface area contributed by atoms with Gasteiger partial charge < -0.3 is 4.74 Å². The number of alkyl halides is 12. The van der Waals surface area contributed by atoms with Crippen LogP contribution in [0.5, 0.6) is 0 Å². The fourth-order valence-corrected chi connectivity index (χ4v) is 2.08. The Bertz CT molecular complexity index is 447. The standard InChI is InChI=1S/C11H11F12NO/c12-6(10(18,19)20)8(14,15)4-24-1-2-25-5(3-24)9(16,17)7(13)11(21,22)23/h5-7H,1-4H2. The van der Waals surface area contributed by atoms with E-state index in [0.29, 0.717) is 0 Å². The fourth-order valence-electron chi connectivity index (χ4n) is 2.08. The molecule has 0 radical (unpaired) electrons. The Labute approximate surface area is 132 Å². The normalized spacial score (nSPS) is 24.2. The van der Waals surface area contributed by atoms with Crippen LogP contribution in [-0.2, 0) is 4.74 Å². The smallest absolute Gasteiger partial charge is 0.369 e. The molecule has 1 fully saturated rings. The van der Waals surface area contributed by atoms with E-state index in [1.165, 1.54) is 0 Å². The van der Waals surface area contributed by atoms with Gasteiger partial charge in [0, 0.05) is 13.1 Å². The molecule has 0 saturated carbocycles. The van der Waals surface area contributed by atoms with Crippen molar-refractivity contribution >= 4 is 0 Å². The van der Waals surface area contributed by atoms with Gasteiger partial charge in [0.15, 0.2) is 0 Å². The van der Waals surface area contributed by atoms with Crippen molar-refractivity contribution in [3.63, 3.8) is 0 Å². The van der Waals surface area contributed by atoms with Crippen LogP contribution in [0, 0.1) is 0 Å². The van der Waals surface area contributed by atoms with Crippen LogP contribution in [0.15, 0.2) is 0 Å². The van der Waals surface area contributed by atoms with Crippen LogP contribution in [0.4, 0.5) is 52.7 Å². The minimum Gasteiger partial charge on any atom is -0.369 e. The lowest BCUT2D eigenvalue weighted by Gasteiger charge is -2.39. The van der Waals surface area contributed by atoms with Crippen LogP contribution in [0.1, 0.15) is 0 Å². The molecule has 0 bridgehead atoms. The van der Waals surface area contributed by atoms with E-state index in [0.717, 1.165) is 0 Å². The molecule has 2 nitrogen and oxygen atoms in total. The van der Waals surface area contributed by atoms with Crippen LogP contribution in [0.3, 0.4) is 0 Å². The molecule has 0 spiro atoms. The predicted octanol–water partition coefficient (Wildman–Crippen LogP) is 3.76. The third kappa shape index (κ3) is 5.28. The zero-order chi connectivity index (χ0) is 19.8. The lowest BCUT2D eigenvalue weighted by molar-refractivity contribution is -0.283. The molecule has 1 aliphatic heterocycles. The lowest BCUT2D eigenvalue weighted by Crippen LogP contribution is -2.59. The van der Waals surface area contributed by atoms with E-state index in [9.17, 15) is 52.7 Å². The zero-order valence-corrected chi connectivity index (χ0v) is 12.0. The highest BCUT2D eigenvalue weighted by atomic mass is 19.4. The number of rotatable bonds is 5. The summed E-state index contributed by atoms with van der Waals surface area (Å²) < 4.78 is 156. The number of ether oxygens (including phenoxy) is 1. The van der Waals surface area contributed by atoms with Crippen molar-refractivity contribution in [3.8, 4) is 0 Å². The highest BCUT2D eigenvalue weighted by molar-refractivity contribution is 4.94. The van der Waals surface area contributed by atoms with Gasteiger partial charge in [-0.25, -0.2) is 26.3 Å². The molecule has 0 aromatic rings. The van der Waals surface area contributed by atoms with E-state index in [1.54, 1.807) is 0 Å². The molecule has 1 aliphatic rings. The minimum absolute atomic E-state index is 0.156. The van der Waals surface area contributed by atoms with Gasteiger partial charge >= 0.3 is 18.3 Å². The Kier molecular flexibility index (Phi) is 6.20. The maximum absolute atomic E-state index is 13.5. The number of hydrogen-bond donors (Lipinski definition) is 0. The SMILES string of the molecule is FC(C(F)(F)F)C(F)(F)CN1CCOC(C(F)(F)C(F)C(F)(F)F)C1. The predicted molar refractivity (Wildman–Crippen MR) is 58.0 cm³/mol. The van der Waals surface area contributed by atoms with E-state index in [2.05, 4.69) is 4.74 Å². The van der Waals surface area contributed by atoms with Crippen molar-refractivity contribution in [2.24, 2.45) is 0 Å². The van der Waals surface area contributed by atoms with Crippen LogP contribution >= 0.6 is 0 Å². The summed E-state index contributed by atoms with van der Waals surface area (Å²) in [5.41, 5.74) is 0. The van der Waals surface area contributed by atoms with Gasteiger partial charge in [0.2, 0.25) is 0 Å². The monoisotopic (exact) mass is 401 g/mol. The average molecular weight is 401 g/mol. The highest BCUT2D eigenvalue weighted by Gasteiger charge is 2.62. The van der Waals surface area contributed by atoms with E-state index in [-0.39, 0.29) is 4.90 Å². The van der Waals surface area contributed by atoms with E-state index < -0.39 is 68.9 Å². The summed E-state index contributed by atoms with van der Waals surface area (Å²) in [4.78, 5) is 0.156. The minimum atomic E-state index is -5.97. The summed E-state index contributed by atoms with van der Waals surface area (Å²) >= 11 is 0. The van der Waals surface area contributed by atoms with Crippen molar-refractivity contribution in [1.29, 1.82) is 0 Å². The molecule has 150 valence electrons. The van der Waals surface area contributed by atoms with Gasteiger partial charge in [-0.15, -0.1) is 0 Å². The Morgan fingerprint density at radius 1 is 0.840 bits per heavy atom. The van der Waals surface area contributed by atoms with E-state index >= 15 is 0 Å². The summed E-state index contributed by atoms with van der Waals surface area (Å²) in [6, 6.07) is 0. The number of nitrogens with zero attached hydrogens (tertiary/aromatic N) is 1. The molecular formula is C11H11F12NO. The fraction of sp³-hybridized carbons (Fsp3) is 1.00. The Hall–Kier alpha value is -0.920. The molecular weight excluding hydrogens is 390 g/mol. The zero-order valence-electron chi connectivity index (χ0n) is 12.0. The van der Waals surface area contributed by atoms with Gasteiger partial charge in [-0.2, -0.15) is 26.3 Å².